The lowest BCUT2D eigenvalue weighted by molar-refractivity contribution is 0.172. The molecule has 3 aromatic rings. The van der Waals surface area contributed by atoms with Gasteiger partial charge in [-0.15, -0.1) is 0 Å². The van der Waals surface area contributed by atoms with Gasteiger partial charge in [0.1, 0.15) is 5.82 Å². The molecule has 32 heavy (non-hydrogen) atoms. The number of hydrogen-bond donors (Lipinski definition) is 1. The van der Waals surface area contributed by atoms with E-state index in [2.05, 4.69) is 20.2 Å². The van der Waals surface area contributed by atoms with Gasteiger partial charge in [0.05, 0.1) is 23.3 Å². The summed E-state index contributed by atoms with van der Waals surface area (Å²) in [6.45, 7) is 4.77. The van der Waals surface area contributed by atoms with Crippen LogP contribution in [-0.2, 0) is 28.7 Å². The normalized spacial score (nSPS) is 14.2. The highest BCUT2D eigenvalue weighted by molar-refractivity contribution is 7.90. The first-order valence-corrected chi connectivity index (χ1v) is 12.0. The van der Waals surface area contributed by atoms with Crippen molar-refractivity contribution in [3.8, 4) is 0 Å². The number of hydrogen-bond acceptors (Lipinski definition) is 6. The van der Waals surface area contributed by atoms with E-state index in [1.54, 1.807) is 13.0 Å². The molecule has 0 unspecified atom stereocenters. The summed E-state index contributed by atoms with van der Waals surface area (Å²) in [7, 11) is -3.79. The van der Waals surface area contributed by atoms with Crippen molar-refractivity contribution in [3.05, 3.63) is 82.8 Å². The molecule has 1 N–H and O–H groups in total. The van der Waals surface area contributed by atoms with Crippen LogP contribution in [0.15, 0.2) is 53.7 Å². The third kappa shape index (κ3) is 5.11. The lowest BCUT2D eigenvalue weighted by atomic mass is 10.0. The molecule has 0 amide bonds. The van der Waals surface area contributed by atoms with Crippen LogP contribution in [0.4, 0.5) is 14.5 Å². The topological polar surface area (TPSA) is 75.2 Å². The Morgan fingerprint density at radius 1 is 1.12 bits per heavy atom. The fourth-order valence-electron chi connectivity index (χ4n) is 3.60. The van der Waals surface area contributed by atoms with E-state index in [0.717, 1.165) is 31.1 Å². The Kier molecular flexibility index (Phi) is 6.48. The Morgan fingerprint density at radius 2 is 1.91 bits per heavy atom. The maximum absolute atomic E-state index is 14.5. The van der Waals surface area contributed by atoms with Crippen molar-refractivity contribution in [1.82, 2.24) is 14.9 Å². The molecule has 0 saturated carbocycles. The van der Waals surface area contributed by atoms with Gasteiger partial charge in [-0.05, 0) is 61.8 Å². The first kappa shape index (κ1) is 22.3. The van der Waals surface area contributed by atoms with Crippen molar-refractivity contribution < 1.29 is 17.2 Å². The Hall–Kier alpha value is -2.91. The first-order chi connectivity index (χ1) is 15.3. The van der Waals surface area contributed by atoms with Gasteiger partial charge in [0.25, 0.3) is 0 Å². The van der Waals surface area contributed by atoms with Crippen molar-refractivity contribution >= 4 is 15.5 Å². The van der Waals surface area contributed by atoms with Gasteiger partial charge in [-0.25, -0.2) is 22.8 Å². The molecule has 0 spiro atoms. The first-order valence-electron chi connectivity index (χ1n) is 10.4. The Bertz CT molecular complexity index is 1230. The Balaban J connectivity index is 1.48. The second-order valence-corrected chi connectivity index (χ2v) is 9.85. The number of pyridine rings is 2. The number of nitrogens with one attached hydrogen (secondary N) is 1. The predicted octanol–water partition coefficient (Wildman–Crippen LogP) is 3.85. The van der Waals surface area contributed by atoms with Gasteiger partial charge in [0.15, 0.2) is 5.03 Å². The monoisotopic (exact) mass is 458 g/mol. The summed E-state index contributed by atoms with van der Waals surface area (Å²) in [5, 5.41) is 3.06. The fraction of sp³-hybridized carbons (Fsp3) is 0.304. The number of aromatic nitrogens is 2. The lowest BCUT2D eigenvalue weighted by Crippen LogP contribution is -2.36. The standard InChI is InChI=1S/C23H24F2N4O2S/c1-16-11-23(32(30,31)15-18-6-3-8-22(25)28-18)27-13-21(16)26-12-19-17(5-2-7-20(19)24)14-29-9-4-10-29/h2-3,5-8,11,13,26H,4,9-10,12,14-15H2,1H3. The minimum absolute atomic E-state index is 0.112. The SMILES string of the molecule is Cc1cc(S(=O)(=O)Cc2cccc(F)n2)ncc1NCc1c(F)cccc1CN1CCC1. The molecule has 1 saturated heterocycles. The summed E-state index contributed by atoms with van der Waals surface area (Å²) in [5.41, 5.74) is 2.91. The van der Waals surface area contributed by atoms with E-state index >= 15 is 0 Å². The third-order valence-electron chi connectivity index (χ3n) is 5.53. The highest BCUT2D eigenvalue weighted by atomic mass is 32.2. The third-order valence-corrected chi connectivity index (χ3v) is 7.07. The van der Waals surface area contributed by atoms with Crippen LogP contribution in [-0.4, -0.2) is 36.4 Å². The molecule has 168 valence electrons. The van der Waals surface area contributed by atoms with Gasteiger partial charge in [-0.1, -0.05) is 18.2 Å². The summed E-state index contributed by atoms with van der Waals surface area (Å²) in [4.78, 5) is 9.95. The second kappa shape index (κ2) is 9.30. The van der Waals surface area contributed by atoms with E-state index in [-0.39, 0.29) is 23.1 Å². The quantitative estimate of drug-likeness (QED) is 0.517. The molecule has 1 aliphatic heterocycles. The zero-order valence-electron chi connectivity index (χ0n) is 17.7. The number of sulfone groups is 1. The number of benzene rings is 1. The molecule has 0 bridgehead atoms. The molecule has 3 heterocycles. The number of aryl methyl sites for hydroxylation is 1. The molecular formula is C23H24F2N4O2S. The van der Waals surface area contributed by atoms with Crippen LogP contribution in [0.3, 0.4) is 0 Å². The molecule has 0 atom stereocenters. The largest absolute Gasteiger partial charge is 0.379 e. The van der Waals surface area contributed by atoms with E-state index in [4.69, 9.17) is 0 Å². The van der Waals surface area contributed by atoms with Crippen molar-refractivity contribution in [3.63, 3.8) is 0 Å². The zero-order valence-corrected chi connectivity index (χ0v) is 18.5. The van der Waals surface area contributed by atoms with Gasteiger partial charge >= 0.3 is 0 Å². The van der Waals surface area contributed by atoms with Crippen LogP contribution in [0.1, 0.15) is 28.8 Å². The van der Waals surface area contributed by atoms with Crippen molar-refractivity contribution in [2.75, 3.05) is 18.4 Å². The molecule has 1 aliphatic rings. The van der Waals surface area contributed by atoms with Crippen LogP contribution in [0.25, 0.3) is 0 Å². The smallest absolute Gasteiger partial charge is 0.213 e. The Labute approximate surface area is 186 Å². The van der Waals surface area contributed by atoms with Crippen molar-refractivity contribution in [2.45, 2.75) is 37.2 Å². The van der Waals surface area contributed by atoms with Gasteiger partial charge in [-0.2, -0.15) is 4.39 Å². The van der Waals surface area contributed by atoms with Crippen molar-refractivity contribution in [2.24, 2.45) is 0 Å². The summed E-state index contributed by atoms with van der Waals surface area (Å²) in [6, 6.07) is 10.6. The number of rotatable bonds is 8. The lowest BCUT2D eigenvalue weighted by Gasteiger charge is -2.31. The maximum Gasteiger partial charge on any atom is 0.213 e. The van der Waals surface area contributed by atoms with E-state index in [9.17, 15) is 17.2 Å². The highest BCUT2D eigenvalue weighted by Crippen LogP contribution is 2.23. The van der Waals surface area contributed by atoms with Crippen LogP contribution >= 0.6 is 0 Å². The average Bonchev–Trinajstić information content (AvgIpc) is 2.70. The summed E-state index contributed by atoms with van der Waals surface area (Å²) in [6.07, 6.45) is 2.59. The minimum Gasteiger partial charge on any atom is -0.379 e. The fourth-order valence-corrected chi connectivity index (χ4v) is 4.87. The van der Waals surface area contributed by atoms with Crippen LogP contribution in [0, 0.1) is 18.7 Å². The maximum atomic E-state index is 14.5. The van der Waals surface area contributed by atoms with E-state index < -0.39 is 21.5 Å². The summed E-state index contributed by atoms with van der Waals surface area (Å²) >= 11 is 0. The second-order valence-electron chi connectivity index (χ2n) is 7.91. The predicted molar refractivity (Wildman–Crippen MR) is 118 cm³/mol. The van der Waals surface area contributed by atoms with E-state index in [1.807, 2.05) is 6.07 Å². The molecule has 9 heteroatoms. The summed E-state index contributed by atoms with van der Waals surface area (Å²) in [5.74, 6) is -1.45. The molecular weight excluding hydrogens is 434 g/mol. The molecule has 1 fully saturated rings. The minimum atomic E-state index is -3.79. The Morgan fingerprint density at radius 3 is 2.59 bits per heavy atom. The van der Waals surface area contributed by atoms with E-state index in [0.29, 0.717) is 23.4 Å². The molecule has 2 aromatic heterocycles. The molecule has 1 aromatic carbocycles. The number of nitrogens with zero attached hydrogens (tertiary/aromatic N) is 3. The average molecular weight is 459 g/mol. The van der Waals surface area contributed by atoms with Gasteiger partial charge in [-0.3, -0.25) is 4.90 Å². The molecule has 6 nitrogen and oxygen atoms in total. The van der Waals surface area contributed by atoms with Crippen LogP contribution in [0.5, 0.6) is 0 Å². The van der Waals surface area contributed by atoms with Crippen LogP contribution in [0.2, 0.25) is 0 Å². The van der Waals surface area contributed by atoms with Crippen molar-refractivity contribution in [1.29, 1.82) is 0 Å². The number of halogens is 2. The van der Waals surface area contributed by atoms with Gasteiger partial charge in [0.2, 0.25) is 15.8 Å². The number of likely N-dealkylation sites (tertiary alicyclic amines) is 1. The molecule has 4 rings (SSSR count). The molecule has 0 aliphatic carbocycles. The zero-order chi connectivity index (χ0) is 22.7. The van der Waals surface area contributed by atoms with Gasteiger partial charge < -0.3 is 5.32 Å². The van der Waals surface area contributed by atoms with Gasteiger partial charge in [0, 0.05) is 18.7 Å². The molecule has 0 radical (unpaired) electrons. The number of anilines is 1. The van der Waals surface area contributed by atoms with E-state index in [1.165, 1.54) is 30.5 Å². The van der Waals surface area contributed by atoms with Crippen LogP contribution < -0.4 is 5.32 Å². The summed E-state index contributed by atoms with van der Waals surface area (Å²) < 4.78 is 53.1. The highest BCUT2D eigenvalue weighted by Gasteiger charge is 2.20.